The lowest BCUT2D eigenvalue weighted by Crippen LogP contribution is -2.07. The monoisotopic (exact) mass is 357 g/mol. The lowest BCUT2D eigenvalue weighted by Gasteiger charge is -2.23. The zero-order valence-electron chi connectivity index (χ0n) is 16.9. The van der Waals surface area contributed by atoms with Gasteiger partial charge in [-0.15, -0.1) is 0 Å². The molecule has 0 radical (unpaired) electrons. The molecule has 0 aliphatic heterocycles. The van der Waals surface area contributed by atoms with Crippen LogP contribution in [0.5, 0.6) is 0 Å². The number of carbonyl (C=O) groups is 1. The summed E-state index contributed by atoms with van der Waals surface area (Å²) in [7, 11) is -0.571. The molecule has 0 N–H and O–H groups in total. The molecule has 0 atom stereocenters. The van der Waals surface area contributed by atoms with E-state index < -0.39 is 7.26 Å². The first-order valence-electron chi connectivity index (χ1n) is 10.2. The van der Waals surface area contributed by atoms with Gasteiger partial charge in [-0.1, -0.05) is 45.1 Å². The van der Waals surface area contributed by atoms with E-state index in [1.54, 1.807) is 6.92 Å². The third kappa shape index (κ3) is 11.2. The van der Waals surface area contributed by atoms with Gasteiger partial charge in [0, 0.05) is 12.8 Å². The van der Waals surface area contributed by atoms with Crippen molar-refractivity contribution in [1.82, 2.24) is 0 Å². The molecule has 0 heterocycles. The molecule has 0 aromatic rings. The Morgan fingerprint density at radius 2 is 1.21 bits per heavy atom. The van der Waals surface area contributed by atoms with Gasteiger partial charge in [-0.3, -0.25) is 0 Å². The molecule has 0 unspecified atom stereocenters. The van der Waals surface area contributed by atoms with Gasteiger partial charge in [0.1, 0.15) is 0 Å². The third-order valence-electron chi connectivity index (χ3n) is 5.37. The van der Waals surface area contributed by atoms with E-state index in [0.29, 0.717) is 12.2 Å². The summed E-state index contributed by atoms with van der Waals surface area (Å²) < 4.78 is 5.09. The van der Waals surface area contributed by atoms with Crippen LogP contribution >= 0.6 is 7.26 Å². The molecule has 0 saturated heterocycles. The molecule has 0 amide bonds. The normalized spacial score (nSPS) is 11.5. The van der Waals surface area contributed by atoms with Crippen LogP contribution in [0.3, 0.4) is 0 Å². The highest BCUT2D eigenvalue weighted by Crippen LogP contribution is 2.58. The molecule has 0 spiro atoms. The Kier molecular flexibility index (Phi) is 14.7. The minimum absolute atomic E-state index is 0.254. The second-order valence-corrected chi connectivity index (χ2v) is 12.1. The second kappa shape index (κ2) is 14.9. The van der Waals surface area contributed by atoms with Crippen molar-refractivity contribution >= 4 is 13.2 Å². The fourth-order valence-electron chi connectivity index (χ4n) is 3.22. The lowest BCUT2D eigenvalue weighted by molar-refractivity contribution is -0.139. The van der Waals surface area contributed by atoms with Crippen molar-refractivity contribution in [2.75, 3.05) is 31.3 Å². The molecule has 3 heteroatoms. The Balaban J connectivity index is 3.37. The van der Waals surface area contributed by atoms with Crippen molar-refractivity contribution in [3.63, 3.8) is 0 Å². The number of unbranched alkanes of at least 4 members (excludes halogenated alkanes) is 8. The highest BCUT2D eigenvalue weighted by molar-refractivity contribution is 7.75. The van der Waals surface area contributed by atoms with E-state index in [0.717, 1.165) is 6.42 Å². The molecule has 0 fully saturated rings. The largest absolute Gasteiger partial charge is 0.462 e. The first kappa shape index (κ1) is 23.6. The molecular weight excluding hydrogens is 315 g/mol. The van der Waals surface area contributed by atoms with Crippen molar-refractivity contribution in [1.29, 1.82) is 0 Å². The Morgan fingerprint density at radius 3 is 1.62 bits per heavy atom. The fourth-order valence-corrected chi connectivity index (χ4v) is 6.40. The van der Waals surface area contributed by atoms with Crippen LogP contribution < -0.4 is 0 Å². The molecule has 0 aromatic heterocycles. The SMILES string of the molecule is C=C(C)C(=O)OCCCCCCCCCCC[P+](CC)(CC)CC. The Bertz CT molecular complexity index is 326. The van der Waals surface area contributed by atoms with Crippen LogP contribution in [0.2, 0.25) is 0 Å². The average Bonchev–Trinajstić information content (AvgIpc) is 2.59. The average molecular weight is 358 g/mol. The number of rotatable bonds is 16. The van der Waals surface area contributed by atoms with Gasteiger partial charge in [0.25, 0.3) is 0 Å². The zero-order chi connectivity index (χ0) is 18.3. The van der Waals surface area contributed by atoms with Crippen molar-refractivity contribution in [2.45, 2.75) is 85.5 Å². The standard InChI is InChI=1S/C21H42O2P/c1-6-24(7-2,8-3)19-17-15-13-11-9-10-12-14-16-18-23-21(22)20(4)5/h4,6-19H2,1-3,5H3/q+1. The molecule has 24 heavy (non-hydrogen) atoms. The fraction of sp³-hybridized carbons (Fsp3) is 0.857. The van der Waals surface area contributed by atoms with Crippen LogP contribution in [0.15, 0.2) is 12.2 Å². The number of ether oxygens (including phenoxy) is 1. The topological polar surface area (TPSA) is 26.3 Å². The zero-order valence-corrected chi connectivity index (χ0v) is 17.8. The van der Waals surface area contributed by atoms with Gasteiger partial charge >= 0.3 is 5.97 Å². The Labute approximate surface area is 152 Å². The van der Waals surface area contributed by atoms with Crippen LogP contribution in [0.1, 0.15) is 85.5 Å². The quantitative estimate of drug-likeness (QED) is 0.133. The summed E-state index contributed by atoms with van der Waals surface area (Å²) in [4.78, 5) is 11.2. The minimum Gasteiger partial charge on any atom is -0.462 e. The molecule has 0 saturated carbocycles. The van der Waals surface area contributed by atoms with E-state index in [1.165, 1.54) is 76.0 Å². The van der Waals surface area contributed by atoms with Crippen molar-refractivity contribution in [3.8, 4) is 0 Å². The van der Waals surface area contributed by atoms with Crippen LogP contribution in [-0.2, 0) is 9.53 Å². The van der Waals surface area contributed by atoms with E-state index in [9.17, 15) is 4.79 Å². The smallest absolute Gasteiger partial charge is 0.333 e. The summed E-state index contributed by atoms with van der Waals surface area (Å²) in [5, 5.41) is 0. The number of hydrogen-bond donors (Lipinski definition) is 0. The van der Waals surface area contributed by atoms with Gasteiger partial charge in [-0.2, -0.15) is 0 Å². The lowest BCUT2D eigenvalue weighted by atomic mass is 10.1. The van der Waals surface area contributed by atoms with E-state index in [-0.39, 0.29) is 5.97 Å². The highest BCUT2D eigenvalue weighted by Gasteiger charge is 2.29. The van der Waals surface area contributed by atoms with E-state index in [1.807, 2.05) is 0 Å². The number of carbonyl (C=O) groups excluding carboxylic acids is 1. The first-order chi connectivity index (χ1) is 11.5. The van der Waals surface area contributed by atoms with E-state index in [2.05, 4.69) is 27.4 Å². The maximum Gasteiger partial charge on any atom is 0.333 e. The summed E-state index contributed by atoms with van der Waals surface area (Å²) in [6.07, 6.45) is 17.6. The highest BCUT2D eigenvalue weighted by atomic mass is 31.2. The summed E-state index contributed by atoms with van der Waals surface area (Å²) in [5.74, 6) is -0.254. The molecular formula is C21H42O2P+. The third-order valence-corrected chi connectivity index (χ3v) is 10.7. The summed E-state index contributed by atoms with van der Waals surface area (Å²) in [6, 6.07) is 0. The molecule has 0 aliphatic carbocycles. The molecule has 142 valence electrons. The van der Waals surface area contributed by atoms with Gasteiger partial charge in [0.05, 0.1) is 31.3 Å². The van der Waals surface area contributed by atoms with Crippen molar-refractivity contribution in [3.05, 3.63) is 12.2 Å². The van der Waals surface area contributed by atoms with Gasteiger partial charge in [-0.05, 0) is 47.0 Å². The summed E-state index contributed by atoms with van der Waals surface area (Å²) in [5.41, 5.74) is 0.492. The molecule has 0 aliphatic rings. The number of hydrogen-bond acceptors (Lipinski definition) is 2. The van der Waals surface area contributed by atoms with Crippen LogP contribution in [0, 0.1) is 0 Å². The Morgan fingerprint density at radius 1 is 0.792 bits per heavy atom. The maximum atomic E-state index is 11.2. The molecule has 0 rings (SSSR count). The minimum atomic E-state index is -0.571. The van der Waals surface area contributed by atoms with Gasteiger partial charge in [-0.25, -0.2) is 4.79 Å². The predicted octanol–water partition coefficient (Wildman–Crippen LogP) is 6.69. The van der Waals surface area contributed by atoms with E-state index >= 15 is 0 Å². The molecule has 0 aromatic carbocycles. The molecule has 0 bridgehead atoms. The molecule has 2 nitrogen and oxygen atoms in total. The van der Waals surface area contributed by atoms with Crippen molar-refractivity contribution in [2.24, 2.45) is 0 Å². The first-order valence-corrected chi connectivity index (χ1v) is 12.7. The van der Waals surface area contributed by atoms with Crippen LogP contribution in [0.25, 0.3) is 0 Å². The Hall–Kier alpha value is -0.360. The van der Waals surface area contributed by atoms with Gasteiger partial charge in [0.2, 0.25) is 0 Å². The van der Waals surface area contributed by atoms with Gasteiger partial charge in [0.15, 0.2) is 0 Å². The summed E-state index contributed by atoms with van der Waals surface area (Å²) >= 11 is 0. The van der Waals surface area contributed by atoms with Crippen LogP contribution in [-0.4, -0.2) is 37.2 Å². The number of esters is 1. The summed E-state index contributed by atoms with van der Waals surface area (Å²) in [6.45, 7) is 13.0. The second-order valence-electron chi connectivity index (χ2n) is 7.11. The van der Waals surface area contributed by atoms with Crippen molar-refractivity contribution < 1.29 is 9.53 Å². The van der Waals surface area contributed by atoms with Gasteiger partial charge < -0.3 is 4.74 Å². The van der Waals surface area contributed by atoms with E-state index in [4.69, 9.17) is 4.74 Å². The maximum absolute atomic E-state index is 11.2. The van der Waals surface area contributed by atoms with Crippen LogP contribution in [0.4, 0.5) is 0 Å². The predicted molar refractivity (Wildman–Crippen MR) is 111 cm³/mol.